The van der Waals surface area contributed by atoms with Crippen LogP contribution in [0.2, 0.25) is 0 Å². The van der Waals surface area contributed by atoms with Gasteiger partial charge in [0.05, 0.1) is 6.61 Å². The maximum Gasteiger partial charge on any atom is 0.147 e. The number of hydrogen-bond acceptors (Lipinski definition) is 2. The number of ether oxygens (including phenoxy) is 2. The van der Waals surface area contributed by atoms with Crippen molar-refractivity contribution in [3.8, 4) is 0 Å². The molecule has 2 nitrogen and oxygen atoms in total. The molecule has 1 aliphatic heterocycles. The zero-order valence-electron chi connectivity index (χ0n) is 5.56. The first-order valence-electron chi connectivity index (χ1n) is 3.18. The summed E-state index contributed by atoms with van der Waals surface area (Å²) < 4.78 is 10.5. The van der Waals surface area contributed by atoms with Crippen molar-refractivity contribution in [3.63, 3.8) is 0 Å². The van der Waals surface area contributed by atoms with Crippen molar-refractivity contribution < 1.29 is 9.47 Å². The van der Waals surface area contributed by atoms with Crippen LogP contribution in [-0.2, 0) is 9.47 Å². The maximum absolute atomic E-state index is 5.44. The third-order valence-electron chi connectivity index (χ3n) is 2.41. The van der Waals surface area contributed by atoms with E-state index in [1.54, 1.807) is 0 Å². The van der Waals surface area contributed by atoms with Gasteiger partial charge in [0, 0.05) is 5.92 Å². The fourth-order valence-electron chi connectivity index (χ4n) is 1.38. The molecular formula is C6H8Br2O2. The van der Waals surface area contributed by atoms with Crippen molar-refractivity contribution in [3.05, 3.63) is 0 Å². The first-order chi connectivity index (χ1) is 4.59. The topological polar surface area (TPSA) is 18.5 Å². The predicted octanol–water partition coefficient (Wildman–Crippen LogP) is 1.87. The van der Waals surface area contributed by atoms with Gasteiger partial charge in [-0.1, -0.05) is 31.9 Å². The van der Waals surface area contributed by atoms with Crippen molar-refractivity contribution in [1.29, 1.82) is 0 Å². The summed E-state index contributed by atoms with van der Waals surface area (Å²) in [6.45, 7) is 3.29. The van der Waals surface area contributed by atoms with Crippen LogP contribution in [0.5, 0.6) is 0 Å². The van der Waals surface area contributed by atoms with Gasteiger partial charge in [-0.3, -0.25) is 0 Å². The number of halogens is 2. The Labute approximate surface area is 76.5 Å². The van der Waals surface area contributed by atoms with E-state index in [9.17, 15) is 0 Å². The summed E-state index contributed by atoms with van der Waals surface area (Å²) in [7, 11) is 0. The largest absolute Gasteiger partial charge is 0.355 e. The molecule has 2 rings (SSSR count). The smallest absolute Gasteiger partial charge is 0.147 e. The highest BCUT2D eigenvalue weighted by Gasteiger charge is 2.74. The van der Waals surface area contributed by atoms with Crippen molar-refractivity contribution in [1.82, 2.24) is 0 Å². The van der Waals surface area contributed by atoms with E-state index in [0.29, 0.717) is 12.7 Å². The Morgan fingerprint density at radius 2 is 2.20 bits per heavy atom. The summed E-state index contributed by atoms with van der Waals surface area (Å²) >= 11 is 7.09. The Kier molecular flexibility index (Phi) is 1.48. The molecule has 4 heteroatoms. The second kappa shape index (κ2) is 1.97. The van der Waals surface area contributed by atoms with E-state index < -0.39 is 0 Å². The Balaban J connectivity index is 2.20. The van der Waals surface area contributed by atoms with Gasteiger partial charge >= 0.3 is 0 Å². The van der Waals surface area contributed by atoms with Crippen molar-refractivity contribution >= 4 is 31.9 Å². The van der Waals surface area contributed by atoms with E-state index >= 15 is 0 Å². The summed E-state index contributed by atoms with van der Waals surface area (Å²) in [5.74, 6) is 0.453. The molecule has 1 saturated heterocycles. The molecule has 0 N–H and O–H groups in total. The molecule has 0 amide bonds. The SMILES string of the molecule is CC12OCOCC1C2(Br)Br. The highest BCUT2D eigenvalue weighted by atomic mass is 79.9. The molecule has 10 heavy (non-hydrogen) atoms. The molecule has 0 aromatic carbocycles. The van der Waals surface area contributed by atoms with Crippen LogP contribution < -0.4 is 0 Å². The van der Waals surface area contributed by atoms with Crippen LogP contribution in [-0.4, -0.2) is 22.2 Å². The van der Waals surface area contributed by atoms with Gasteiger partial charge in [-0.05, 0) is 6.92 Å². The van der Waals surface area contributed by atoms with Crippen molar-refractivity contribution in [2.24, 2.45) is 5.92 Å². The average Bonchev–Trinajstić information content (AvgIpc) is 2.30. The lowest BCUT2D eigenvalue weighted by Gasteiger charge is -2.17. The Hall–Kier alpha value is 0.880. The number of alkyl halides is 2. The fraction of sp³-hybridized carbons (Fsp3) is 1.00. The van der Waals surface area contributed by atoms with E-state index in [2.05, 4.69) is 38.8 Å². The maximum atomic E-state index is 5.44. The van der Waals surface area contributed by atoms with E-state index in [1.807, 2.05) is 0 Å². The lowest BCUT2D eigenvalue weighted by atomic mass is 10.3. The second-order valence-corrected chi connectivity index (χ2v) is 6.48. The molecule has 0 aromatic heterocycles. The van der Waals surface area contributed by atoms with E-state index in [0.717, 1.165) is 6.61 Å². The van der Waals surface area contributed by atoms with Gasteiger partial charge in [0.2, 0.25) is 0 Å². The van der Waals surface area contributed by atoms with Crippen LogP contribution in [0.25, 0.3) is 0 Å². The van der Waals surface area contributed by atoms with Gasteiger partial charge in [0.25, 0.3) is 0 Å². The van der Waals surface area contributed by atoms with E-state index in [4.69, 9.17) is 9.47 Å². The minimum absolute atomic E-state index is 0.0382. The molecule has 2 fully saturated rings. The van der Waals surface area contributed by atoms with Crippen LogP contribution in [0.4, 0.5) is 0 Å². The molecule has 58 valence electrons. The van der Waals surface area contributed by atoms with Crippen LogP contribution in [0, 0.1) is 5.92 Å². The molecule has 1 aliphatic carbocycles. The molecule has 0 aromatic rings. The monoisotopic (exact) mass is 270 g/mol. The summed E-state index contributed by atoms with van der Waals surface area (Å²) in [5, 5.41) is 0. The van der Waals surface area contributed by atoms with Gasteiger partial charge in [0.1, 0.15) is 15.6 Å². The number of fused-ring (bicyclic) bond motifs is 1. The predicted molar refractivity (Wildman–Crippen MR) is 44.4 cm³/mol. The Morgan fingerprint density at radius 1 is 1.50 bits per heavy atom. The molecule has 0 bridgehead atoms. The third-order valence-corrected chi connectivity index (χ3v) is 5.09. The van der Waals surface area contributed by atoms with Gasteiger partial charge < -0.3 is 9.47 Å². The first kappa shape index (κ1) is 7.53. The zero-order valence-corrected chi connectivity index (χ0v) is 8.74. The molecule has 2 aliphatic rings. The van der Waals surface area contributed by atoms with Crippen molar-refractivity contribution in [2.45, 2.75) is 15.8 Å². The molecular weight excluding hydrogens is 264 g/mol. The van der Waals surface area contributed by atoms with Gasteiger partial charge in [-0.15, -0.1) is 0 Å². The highest BCUT2D eigenvalue weighted by molar-refractivity contribution is 9.25. The van der Waals surface area contributed by atoms with Crippen molar-refractivity contribution in [2.75, 3.05) is 13.4 Å². The molecule has 2 atom stereocenters. The molecule has 0 radical (unpaired) electrons. The average molecular weight is 272 g/mol. The van der Waals surface area contributed by atoms with Crippen LogP contribution >= 0.6 is 31.9 Å². The number of hydrogen-bond donors (Lipinski definition) is 0. The summed E-state index contributed by atoms with van der Waals surface area (Å²) in [6, 6.07) is 0. The van der Waals surface area contributed by atoms with Crippen LogP contribution in [0.3, 0.4) is 0 Å². The quantitative estimate of drug-likeness (QED) is 0.627. The Morgan fingerprint density at radius 3 is 2.60 bits per heavy atom. The van der Waals surface area contributed by atoms with Crippen LogP contribution in [0.15, 0.2) is 0 Å². The zero-order chi connectivity index (χ0) is 7.41. The number of rotatable bonds is 0. The van der Waals surface area contributed by atoms with E-state index in [1.165, 1.54) is 0 Å². The van der Waals surface area contributed by atoms with Gasteiger partial charge in [-0.2, -0.15) is 0 Å². The molecule has 1 heterocycles. The lowest BCUT2D eigenvalue weighted by Crippen LogP contribution is -2.24. The van der Waals surface area contributed by atoms with Crippen LogP contribution in [0.1, 0.15) is 6.92 Å². The standard InChI is InChI=1S/C6H8Br2O2/c1-5-4(6(5,7)8)2-9-3-10-5/h4H,2-3H2,1H3. The minimum Gasteiger partial charge on any atom is -0.355 e. The normalized spacial score (nSPS) is 50.1. The summed E-state index contributed by atoms with van der Waals surface area (Å²) in [5.41, 5.74) is -0.0503. The minimum atomic E-state index is -0.0503. The summed E-state index contributed by atoms with van der Waals surface area (Å²) in [6.07, 6.45) is 0. The Bertz CT molecular complexity index is 171. The second-order valence-electron chi connectivity index (χ2n) is 2.92. The fourth-order valence-corrected chi connectivity index (χ4v) is 3.07. The van der Waals surface area contributed by atoms with E-state index in [-0.39, 0.29) is 8.83 Å². The highest BCUT2D eigenvalue weighted by Crippen LogP contribution is 2.67. The van der Waals surface area contributed by atoms with Gasteiger partial charge in [0.15, 0.2) is 0 Å². The lowest BCUT2D eigenvalue weighted by molar-refractivity contribution is -0.140. The molecule has 1 saturated carbocycles. The summed E-state index contributed by atoms with van der Waals surface area (Å²) in [4.78, 5) is 0. The first-order valence-corrected chi connectivity index (χ1v) is 4.77. The third kappa shape index (κ3) is 0.709. The van der Waals surface area contributed by atoms with Gasteiger partial charge in [-0.25, -0.2) is 0 Å². The molecule has 0 spiro atoms. The molecule has 2 unspecified atom stereocenters.